The fourth-order valence-corrected chi connectivity index (χ4v) is 3.61. The van der Waals surface area contributed by atoms with Crippen molar-refractivity contribution in [1.29, 1.82) is 0 Å². The Morgan fingerprint density at radius 1 is 1.24 bits per heavy atom. The maximum absolute atomic E-state index is 13.9. The van der Waals surface area contributed by atoms with E-state index in [9.17, 15) is 4.39 Å². The number of guanidine groups is 1. The summed E-state index contributed by atoms with van der Waals surface area (Å²) in [6.45, 7) is 7.28. The zero-order chi connectivity index (χ0) is 20.6. The van der Waals surface area contributed by atoms with E-state index in [1.54, 1.807) is 12.1 Å². The summed E-state index contributed by atoms with van der Waals surface area (Å²) in [4.78, 5) is 13.2. The molecule has 29 heavy (non-hydrogen) atoms. The van der Waals surface area contributed by atoms with Crippen LogP contribution in [0.25, 0.3) is 0 Å². The van der Waals surface area contributed by atoms with Crippen molar-refractivity contribution in [3.63, 3.8) is 0 Å². The lowest BCUT2D eigenvalue weighted by molar-refractivity contribution is 0.172. The first-order valence-electron chi connectivity index (χ1n) is 10.0. The topological polar surface area (TPSA) is 53.0 Å². The van der Waals surface area contributed by atoms with Gasteiger partial charge in [0.25, 0.3) is 0 Å². The number of hydrogen-bond acceptors (Lipinski definition) is 4. The Labute approximate surface area is 172 Å². The minimum atomic E-state index is -0.308. The molecule has 0 spiro atoms. The van der Waals surface area contributed by atoms with E-state index >= 15 is 0 Å². The number of benzene rings is 1. The first kappa shape index (κ1) is 21.0. The molecule has 0 saturated carbocycles. The van der Waals surface area contributed by atoms with Crippen LogP contribution in [-0.4, -0.2) is 67.6 Å². The van der Waals surface area contributed by atoms with Crippen LogP contribution in [0.1, 0.15) is 16.7 Å². The molecule has 156 valence electrons. The number of aliphatic imine (C=N–C) groups is 1. The van der Waals surface area contributed by atoms with E-state index in [0.717, 1.165) is 57.2 Å². The van der Waals surface area contributed by atoms with Crippen LogP contribution >= 0.6 is 0 Å². The lowest BCUT2D eigenvalue weighted by Crippen LogP contribution is -2.52. The highest BCUT2D eigenvalue weighted by Crippen LogP contribution is 2.19. The SMILES string of the molecule is CN=C(NCCc1ccncc1C)N1CCN(Cc2ccc(OC)c(F)c2)CC1. The number of piperazine rings is 1. The smallest absolute Gasteiger partial charge is 0.193 e. The fourth-order valence-electron chi connectivity index (χ4n) is 3.61. The lowest BCUT2D eigenvalue weighted by Gasteiger charge is -2.36. The van der Waals surface area contributed by atoms with Gasteiger partial charge < -0.3 is 15.0 Å². The molecule has 0 amide bonds. The predicted molar refractivity (Wildman–Crippen MR) is 114 cm³/mol. The Morgan fingerprint density at radius 2 is 2.03 bits per heavy atom. The number of ether oxygens (including phenoxy) is 1. The summed E-state index contributed by atoms with van der Waals surface area (Å²) >= 11 is 0. The van der Waals surface area contributed by atoms with Crippen LogP contribution in [-0.2, 0) is 13.0 Å². The van der Waals surface area contributed by atoms with Gasteiger partial charge in [0.1, 0.15) is 0 Å². The van der Waals surface area contributed by atoms with E-state index in [-0.39, 0.29) is 11.6 Å². The number of pyridine rings is 1. The summed E-state index contributed by atoms with van der Waals surface area (Å²) in [7, 11) is 3.31. The van der Waals surface area contributed by atoms with Crippen molar-refractivity contribution < 1.29 is 9.13 Å². The first-order chi connectivity index (χ1) is 14.1. The summed E-state index contributed by atoms with van der Waals surface area (Å²) in [6.07, 6.45) is 4.68. The van der Waals surface area contributed by atoms with Crippen molar-refractivity contribution >= 4 is 5.96 Å². The highest BCUT2D eigenvalue weighted by atomic mass is 19.1. The zero-order valence-electron chi connectivity index (χ0n) is 17.5. The van der Waals surface area contributed by atoms with Crippen LogP contribution in [0.5, 0.6) is 5.75 Å². The molecule has 6 nitrogen and oxygen atoms in total. The van der Waals surface area contributed by atoms with E-state index in [1.807, 2.05) is 25.5 Å². The Kier molecular flexibility index (Phi) is 7.41. The second kappa shape index (κ2) is 10.2. The second-order valence-corrected chi connectivity index (χ2v) is 7.26. The highest BCUT2D eigenvalue weighted by molar-refractivity contribution is 5.80. The van der Waals surface area contributed by atoms with Gasteiger partial charge in [-0.05, 0) is 48.2 Å². The Bertz CT molecular complexity index is 834. The molecular formula is C22H30FN5O. The average molecular weight is 400 g/mol. The number of rotatable bonds is 6. The van der Waals surface area contributed by atoms with E-state index in [1.165, 1.54) is 18.2 Å². The standard InChI is InChI=1S/C22H30FN5O/c1-17-15-25-8-6-19(17)7-9-26-22(24-2)28-12-10-27(11-13-28)16-18-4-5-21(29-3)20(23)14-18/h4-6,8,14-15H,7,9-13,16H2,1-3H3,(H,24,26). The highest BCUT2D eigenvalue weighted by Gasteiger charge is 2.20. The van der Waals surface area contributed by atoms with Crippen LogP contribution in [0.15, 0.2) is 41.7 Å². The number of hydrogen-bond donors (Lipinski definition) is 1. The van der Waals surface area contributed by atoms with Gasteiger partial charge in [-0.2, -0.15) is 0 Å². The molecule has 2 heterocycles. The molecule has 7 heteroatoms. The molecule has 1 aromatic heterocycles. The number of aryl methyl sites for hydroxylation is 1. The number of aromatic nitrogens is 1. The molecule has 1 saturated heterocycles. The zero-order valence-corrected chi connectivity index (χ0v) is 17.5. The first-order valence-corrected chi connectivity index (χ1v) is 10.0. The number of nitrogens with zero attached hydrogens (tertiary/aromatic N) is 4. The van der Waals surface area contributed by atoms with Gasteiger partial charge in [-0.15, -0.1) is 0 Å². The maximum atomic E-state index is 13.9. The van der Waals surface area contributed by atoms with E-state index < -0.39 is 0 Å². The molecule has 1 aromatic carbocycles. The molecular weight excluding hydrogens is 369 g/mol. The van der Waals surface area contributed by atoms with Gasteiger partial charge in [-0.1, -0.05) is 6.07 Å². The van der Waals surface area contributed by atoms with Crippen molar-refractivity contribution in [1.82, 2.24) is 20.1 Å². The molecule has 0 radical (unpaired) electrons. The quantitative estimate of drug-likeness (QED) is 0.597. The third-order valence-electron chi connectivity index (χ3n) is 5.32. The molecule has 1 N–H and O–H groups in total. The molecule has 2 aromatic rings. The van der Waals surface area contributed by atoms with Crippen LogP contribution in [0, 0.1) is 12.7 Å². The molecule has 0 atom stereocenters. The van der Waals surface area contributed by atoms with Crippen LogP contribution < -0.4 is 10.1 Å². The summed E-state index contributed by atoms with van der Waals surface area (Å²) in [5.41, 5.74) is 3.49. The van der Waals surface area contributed by atoms with Gasteiger partial charge in [0, 0.05) is 58.7 Å². The summed E-state index contributed by atoms with van der Waals surface area (Å²) in [5.74, 6) is 0.917. The van der Waals surface area contributed by atoms with E-state index in [2.05, 4.69) is 38.1 Å². The van der Waals surface area contributed by atoms with Gasteiger partial charge >= 0.3 is 0 Å². The Balaban J connectivity index is 1.46. The number of methoxy groups -OCH3 is 1. The largest absolute Gasteiger partial charge is 0.494 e. The minimum absolute atomic E-state index is 0.287. The minimum Gasteiger partial charge on any atom is -0.494 e. The van der Waals surface area contributed by atoms with E-state index in [0.29, 0.717) is 0 Å². The van der Waals surface area contributed by atoms with Gasteiger partial charge in [-0.3, -0.25) is 14.9 Å². The van der Waals surface area contributed by atoms with Gasteiger partial charge in [-0.25, -0.2) is 4.39 Å². The van der Waals surface area contributed by atoms with Crippen molar-refractivity contribution in [3.05, 3.63) is 59.2 Å². The molecule has 1 aliphatic rings. The summed E-state index contributed by atoms with van der Waals surface area (Å²) < 4.78 is 18.9. The molecule has 0 unspecified atom stereocenters. The Morgan fingerprint density at radius 3 is 2.69 bits per heavy atom. The van der Waals surface area contributed by atoms with Crippen molar-refractivity contribution in [3.8, 4) is 5.75 Å². The molecule has 3 rings (SSSR count). The fraction of sp³-hybridized carbons (Fsp3) is 0.455. The summed E-state index contributed by atoms with van der Waals surface area (Å²) in [5, 5.41) is 3.47. The Hall–Kier alpha value is -2.67. The van der Waals surface area contributed by atoms with E-state index in [4.69, 9.17) is 4.74 Å². The van der Waals surface area contributed by atoms with Gasteiger partial charge in [0.2, 0.25) is 0 Å². The van der Waals surface area contributed by atoms with Crippen LogP contribution in [0.4, 0.5) is 4.39 Å². The normalized spacial score (nSPS) is 15.4. The van der Waals surface area contributed by atoms with Crippen LogP contribution in [0.2, 0.25) is 0 Å². The van der Waals surface area contributed by atoms with Crippen molar-refractivity contribution in [2.24, 2.45) is 4.99 Å². The molecule has 1 fully saturated rings. The number of halogens is 1. The molecule has 1 aliphatic heterocycles. The lowest BCUT2D eigenvalue weighted by atomic mass is 10.1. The third kappa shape index (κ3) is 5.67. The molecule has 0 aliphatic carbocycles. The third-order valence-corrected chi connectivity index (χ3v) is 5.32. The average Bonchev–Trinajstić information content (AvgIpc) is 2.73. The van der Waals surface area contributed by atoms with Gasteiger partial charge in [0.15, 0.2) is 17.5 Å². The van der Waals surface area contributed by atoms with Gasteiger partial charge in [0.05, 0.1) is 7.11 Å². The second-order valence-electron chi connectivity index (χ2n) is 7.26. The molecule has 0 bridgehead atoms. The van der Waals surface area contributed by atoms with Crippen molar-refractivity contribution in [2.75, 3.05) is 46.9 Å². The summed E-state index contributed by atoms with van der Waals surface area (Å²) in [6, 6.07) is 7.25. The number of nitrogens with one attached hydrogen (secondary N) is 1. The van der Waals surface area contributed by atoms with Crippen LogP contribution in [0.3, 0.4) is 0 Å². The van der Waals surface area contributed by atoms with Crippen molar-refractivity contribution in [2.45, 2.75) is 19.9 Å². The predicted octanol–water partition coefficient (Wildman–Crippen LogP) is 2.47. The monoisotopic (exact) mass is 399 g/mol. The maximum Gasteiger partial charge on any atom is 0.193 e.